The Balaban J connectivity index is 2.13. The summed E-state index contributed by atoms with van der Waals surface area (Å²) < 4.78 is 53.7. The lowest BCUT2D eigenvalue weighted by atomic mass is 10.1. The van der Waals surface area contributed by atoms with Gasteiger partial charge in [-0.3, -0.25) is 9.78 Å². The van der Waals surface area contributed by atoms with Crippen LogP contribution in [0.15, 0.2) is 58.4 Å². The third-order valence-corrected chi connectivity index (χ3v) is 4.17. The van der Waals surface area contributed by atoms with Gasteiger partial charge in [0.1, 0.15) is 5.82 Å². The fraction of sp³-hybridized carbons (Fsp3) is 0.0556. The van der Waals surface area contributed by atoms with Gasteiger partial charge in [-0.2, -0.15) is 13.2 Å². The quantitative estimate of drug-likeness (QED) is 0.519. The summed E-state index contributed by atoms with van der Waals surface area (Å²) in [5.74, 6) is -1.34. The zero-order valence-corrected chi connectivity index (χ0v) is 13.3. The number of halogens is 4. The molecule has 0 radical (unpaired) electrons. The fourth-order valence-electron chi connectivity index (χ4n) is 2.94. The molecule has 4 aromatic rings. The second-order valence-electron chi connectivity index (χ2n) is 5.83. The van der Waals surface area contributed by atoms with E-state index in [9.17, 15) is 27.2 Å². The van der Waals surface area contributed by atoms with Gasteiger partial charge in [-0.1, -0.05) is 24.3 Å². The van der Waals surface area contributed by atoms with Crippen LogP contribution >= 0.6 is 0 Å². The number of pyridine rings is 1. The molecule has 0 aliphatic carbocycles. The third kappa shape index (κ3) is 2.67. The van der Waals surface area contributed by atoms with Crippen molar-refractivity contribution in [3.05, 3.63) is 81.0 Å². The van der Waals surface area contributed by atoms with Crippen LogP contribution in [0.4, 0.5) is 17.6 Å². The molecule has 0 saturated carbocycles. The lowest BCUT2D eigenvalue weighted by Gasteiger charge is -2.11. The normalized spacial score (nSPS) is 12.0. The molecule has 0 unspecified atom stereocenters. The Kier molecular flexibility index (Phi) is 3.62. The van der Waals surface area contributed by atoms with Gasteiger partial charge >= 0.3 is 11.9 Å². The summed E-state index contributed by atoms with van der Waals surface area (Å²) in [6.07, 6.45) is -2.08. The standard InChI is InChI=1S/C18H9F4N3O2/c19-13-6-10(18(20,21)22)5-12-15(13)24-17(27)25(16(12)26)14-8-23-7-9-3-1-2-4-11(9)14/h1-8H,(H,24,27). The van der Waals surface area contributed by atoms with E-state index in [-0.39, 0.29) is 11.8 Å². The number of aromatic amines is 1. The zero-order chi connectivity index (χ0) is 19.3. The molecule has 0 bridgehead atoms. The third-order valence-electron chi connectivity index (χ3n) is 4.17. The molecule has 5 nitrogen and oxygen atoms in total. The summed E-state index contributed by atoms with van der Waals surface area (Å²) in [5, 5.41) is 0.526. The Hall–Kier alpha value is -3.49. The molecule has 0 aliphatic heterocycles. The van der Waals surface area contributed by atoms with Gasteiger partial charge in [0.05, 0.1) is 28.4 Å². The highest BCUT2D eigenvalue weighted by Crippen LogP contribution is 2.31. The maximum Gasteiger partial charge on any atom is 0.416 e. The van der Waals surface area contributed by atoms with Crippen molar-refractivity contribution < 1.29 is 17.6 Å². The van der Waals surface area contributed by atoms with Gasteiger partial charge in [0, 0.05) is 17.0 Å². The lowest BCUT2D eigenvalue weighted by Crippen LogP contribution is -2.34. The average Bonchev–Trinajstić information content (AvgIpc) is 2.62. The molecular formula is C18H9F4N3O2. The molecule has 2 aromatic carbocycles. The van der Waals surface area contributed by atoms with Crippen LogP contribution < -0.4 is 11.2 Å². The average molecular weight is 375 g/mol. The lowest BCUT2D eigenvalue weighted by molar-refractivity contribution is -0.137. The van der Waals surface area contributed by atoms with Crippen LogP contribution in [0, 0.1) is 5.82 Å². The molecule has 0 amide bonds. The smallest absolute Gasteiger partial charge is 0.304 e. The van der Waals surface area contributed by atoms with Gasteiger partial charge in [0.2, 0.25) is 0 Å². The number of benzene rings is 2. The Bertz CT molecular complexity index is 1320. The van der Waals surface area contributed by atoms with Crippen LogP contribution in [-0.4, -0.2) is 14.5 Å². The van der Waals surface area contributed by atoms with Gasteiger partial charge in [-0.25, -0.2) is 13.8 Å². The number of nitrogens with one attached hydrogen (secondary N) is 1. The molecule has 0 spiro atoms. The molecule has 0 fully saturated rings. The van der Waals surface area contributed by atoms with Crippen molar-refractivity contribution in [1.82, 2.24) is 14.5 Å². The molecular weight excluding hydrogens is 366 g/mol. The van der Waals surface area contributed by atoms with E-state index in [0.717, 1.165) is 0 Å². The minimum absolute atomic E-state index is 0.0825. The summed E-state index contributed by atoms with van der Waals surface area (Å²) in [7, 11) is 0. The highest BCUT2D eigenvalue weighted by Gasteiger charge is 2.32. The largest absolute Gasteiger partial charge is 0.416 e. The highest BCUT2D eigenvalue weighted by molar-refractivity contribution is 5.89. The van der Waals surface area contributed by atoms with Crippen LogP contribution in [-0.2, 0) is 6.18 Å². The Morgan fingerprint density at radius 3 is 2.48 bits per heavy atom. The van der Waals surface area contributed by atoms with Gasteiger partial charge < -0.3 is 4.98 Å². The number of hydrogen-bond acceptors (Lipinski definition) is 3. The summed E-state index contributed by atoms with van der Waals surface area (Å²) in [6.45, 7) is 0. The monoisotopic (exact) mass is 375 g/mol. The van der Waals surface area contributed by atoms with Crippen molar-refractivity contribution in [3.63, 3.8) is 0 Å². The van der Waals surface area contributed by atoms with Crippen LogP contribution in [0.25, 0.3) is 27.4 Å². The van der Waals surface area contributed by atoms with Crippen molar-refractivity contribution in [2.75, 3.05) is 0 Å². The van der Waals surface area contributed by atoms with Crippen molar-refractivity contribution in [1.29, 1.82) is 0 Å². The molecule has 0 atom stereocenters. The van der Waals surface area contributed by atoms with E-state index in [1.54, 1.807) is 24.3 Å². The first-order valence-electron chi connectivity index (χ1n) is 7.66. The Labute approximate surface area is 147 Å². The number of nitrogens with zero attached hydrogens (tertiary/aromatic N) is 2. The van der Waals surface area contributed by atoms with Gasteiger partial charge in [-0.05, 0) is 12.1 Å². The maximum atomic E-state index is 14.1. The number of alkyl halides is 3. The predicted molar refractivity (Wildman–Crippen MR) is 90.4 cm³/mol. The second-order valence-corrected chi connectivity index (χ2v) is 5.83. The molecule has 2 heterocycles. The summed E-state index contributed by atoms with van der Waals surface area (Å²) >= 11 is 0. The van der Waals surface area contributed by atoms with Gasteiger partial charge in [-0.15, -0.1) is 0 Å². The molecule has 0 saturated heterocycles. The first kappa shape index (κ1) is 17.0. The van der Waals surface area contributed by atoms with E-state index < -0.39 is 39.7 Å². The summed E-state index contributed by atoms with van der Waals surface area (Å²) in [6, 6.07) is 7.50. The van der Waals surface area contributed by atoms with Crippen molar-refractivity contribution in [2.24, 2.45) is 0 Å². The Morgan fingerprint density at radius 2 is 1.74 bits per heavy atom. The number of hydrogen-bond donors (Lipinski definition) is 1. The van der Waals surface area contributed by atoms with E-state index in [0.29, 0.717) is 21.4 Å². The minimum Gasteiger partial charge on any atom is -0.304 e. The fourth-order valence-corrected chi connectivity index (χ4v) is 2.94. The second kappa shape index (κ2) is 5.76. The summed E-state index contributed by atoms with van der Waals surface area (Å²) in [5.41, 5.74) is -3.87. The molecule has 2 aromatic heterocycles. The zero-order valence-electron chi connectivity index (χ0n) is 13.3. The topological polar surface area (TPSA) is 67.8 Å². The minimum atomic E-state index is -4.84. The molecule has 4 rings (SSSR count). The van der Waals surface area contributed by atoms with E-state index >= 15 is 0 Å². The van der Waals surface area contributed by atoms with Crippen LogP contribution in [0.2, 0.25) is 0 Å². The molecule has 9 heteroatoms. The molecule has 1 N–H and O–H groups in total. The number of H-pyrrole nitrogens is 1. The van der Waals surface area contributed by atoms with E-state index in [1.807, 2.05) is 0 Å². The van der Waals surface area contributed by atoms with Gasteiger partial charge in [0.15, 0.2) is 0 Å². The van der Waals surface area contributed by atoms with Crippen LogP contribution in [0.3, 0.4) is 0 Å². The highest BCUT2D eigenvalue weighted by atomic mass is 19.4. The SMILES string of the molecule is O=c1[nH]c2c(F)cc(C(F)(F)F)cc2c(=O)n1-c1cncc2ccccc12. The van der Waals surface area contributed by atoms with E-state index in [1.165, 1.54) is 12.4 Å². The van der Waals surface area contributed by atoms with Crippen molar-refractivity contribution in [2.45, 2.75) is 6.18 Å². The number of rotatable bonds is 1. The molecule has 27 heavy (non-hydrogen) atoms. The molecule has 0 aliphatic rings. The maximum absolute atomic E-state index is 14.1. The summed E-state index contributed by atoms with van der Waals surface area (Å²) in [4.78, 5) is 31.3. The van der Waals surface area contributed by atoms with Crippen LogP contribution in [0.1, 0.15) is 5.56 Å². The Morgan fingerprint density at radius 1 is 1.00 bits per heavy atom. The number of aromatic nitrogens is 3. The first-order chi connectivity index (χ1) is 12.8. The van der Waals surface area contributed by atoms with Crippen molar-refractivity contribution >= 4 is 21.7 Å². The van der Waals surface area contributed by atoms with E-state index in [4.69, 9.17) is 0 Å². The number of fused-ring (bicyclic) bond motifs is 2. The van der Waals surface area contributed by atoms with Gasteiger partial charge in [0.25, 0.3) is 5.56 Å². The van der Waals surface area contributed by atoms with Crippen molar-refractivity contribution in [3.8, 4) is 5.69 Å². The van der Waals surface area contributed by atoms with Crippen LogP contribution in [0.5, 0.6) is 0 Å². The molecule has 136 valence electrons. The first-order valence-corrected chi connectivity index (χ1v) is 7.66. The predicted octanol–water partition coefficient (Wildman–Crippen LogP) is 3.39. The van der Waals surface area contributed by atoms with E-state index in [2.05, 4.69) is 9.97 Å².